The summed E-state index contributed by atoms with van der Waals surface area (Å²) < 4.78 is 7.13. The molecule has 10 heteroatoms. The first kappa shape index (κ1) is 24.8. The molecule has 36 heavy (non-hydrogen) atoms. The molecular weight excluding hydrogens is 464 g/mol. The summed E-state index contributed by atoms with van der Waals surface area (Å²) in [6, 6.07) is 15.4. The Kier molecular flexibility index (Phi) is 7.25. The number of nitrogens with zero attached hydrogens (tertiary/aromatic N) is 4. The van der Waals surface area contributed by atoms with Crippen LogP contribution in [0.1, 0.15) is 41.4 Å². The lowest BCUT2D eigenvalue weighted by Gasteiger charge is -2.23. The van der Waals surface area contributed by atoms with Gasteiger partial charge in [-0.25, -0.2) is 9.80 Å². The summed E-state index contributed by atoms with van der Waals surface area (Å²) in [4.78, 5) is 35.3. The summed E-state index contributed by atoms with van der Waals surface area (Å²) in [6.07, 6.45) is 0.828. The average molecular weight is 491 g/mol. The van der Waals surface area contributed by atoms with Crippen LogP contribution in [0.4, 0.5) is 5.69 Å². The predicted octanol–water partition coefficient (Wildman–Crippen LogP) is 3.86. The molecule has 10 nitrogen and oxygen atoms in total. The Balaban J connectivity index is 1.75. The third-order valence-corrected chi connectivity index (χ3v) is 5.99. The van der Waals surface area contributed by atoms with Crippen molar-refractivity contribution < 1.29 is 24.4 Å². The number of β-amino-alcohol motifs (C(OH)–C–C–N with tert-alkyl or cyclic N) is 1. The van der Waals surface area contributed by atoms with Crippen LogP contribution >= 0.6 is 0 Å². The lowest BCUT2D eigenvalue weighted by Crippen LogP contribution is -2.34. The van der Waals surface area contributed by atoms with Crippen LogP contribution in [0.2, 0.25) is 0 Å². The van der Waals surface area contributed by atoms with Crippen molar-refractivity contribution in [3.05, 3.63) is 81.5 Å². The molecule has 0 atom stereocenters. The molecule has 0 saturated carbocycles. The molecule has 4 rings (SSSR count). The number of aliphatic hydroxyl groups is 1. The number of nitro groups is 1. The Hall–Kier alpha value is -4.31. The van der Waals surface area contributed by atoms with E-state index in [1.54, 1.807) is 25.1 Å². The highest BCUT2D eigenvalue weighted by atomic mass is 16.6. The van der Waals surface area contributed by atoms with E-state index >= 15 is 0 Å². The number of esters is 1. The third-order valence-electron chi connectivity index (χ3n) is 5.99. The van der Waals surface area contributed by atoms with Crippen molar-refractivity contribution in [2.75, 3.05) is 19.8 Å². The Morgan fingerprint density at radius 1 is 1.11 bits per heavy atom. The summed E-state index contributed by atoms with van der Waals surface area (Å²) in [6.45, 7) is 3.78. The fraction of sp³-hybridized carbons (Fsp3) is 0.269. The molecule has 1 amide bonds. The number of ether oxygens (including phenoxy) is 1. The third kappa shape index (κ3) is 4.89. The van der Waals surface area contributed by atoms with Crippen LogP contribution < -0.4 is 0 Å². The van der Waals surface area contributed by atoms with Crippen molar-refractivity contribution in [2.45, 2.75) is 26.7 Å². The molecule has 186 valence electrons. The minimum absolute atomic E-state index is 0.0227. The number of rotatable bonds is 8. The van der Waals surface area contributed by atoms with E-state index in [4.69, 9.17) is 4.74 Å². The Bertz CT molecular complexity index is 1330. The van der Waals surface area contributed by atoms with Gasteiger partial charge in [0.2, 0.25) is 5.91 Å². The molecule has 0 spiro atoms. The predicted molar refractivity (Wildman–Crippen MR) is 133 cm³/mol. The van der Waals surface area contributed by atoms with E-state index in [0.717, 1.165) is 17.0 Å². The normalized spacial score (nSPS) is 13.5. The standard InChI is InChI=1S/C26H26N4O6/c1-3-36-26(33)22-16-24(19-6-10-21(11-7-19)30(34)35)29(17(22)2)20-8-4-18(5-9-20)23-12-13-25(32)28(27-23)14-15-31/h4-11,16,31H,3,12-15H2,1-2H3. The van der Waals surface area contributed by atoms with E-state index in [-0.39, 0.29) is 31.4 Å². The van der Waals surface area contributed by atoms with Crippen molar-refractivity contribution in [3.8, 4) is 16.9 Å². The van der Waals surface area contributed by atoms with Gasteiger partial charge in [-0.2, -0.15) is 5.10 Å². The first-order valence-electron chi connectivity index (χ1n) is 11.6. The molecular formula is C26H26N4O6. The van der Waals surface area contributed by atoms with Crippen LogP contribution in [0.15, 0.2) is 59.7 Å². The van der Waals surface area contributed by atoms with Gasteiger partial charge in [0, 0.05) is 36.4 Å². The number of hydrogen-bond donors (Lipinski definition) is 1. The first-order chi connectivity index (χ1) is 17.3. The lowest BCUT2D eigenvalue weighted by atomic mass is 10.0. The fourth-order valence-corrected chi connectivity index (χ4v) is 4.20. The summed E-state index contributed by atoms with van der Waals surface area (Å²) in [7, 11) is 0. The molecule has 1 N–H and O–H groups in total. The van der Waals surface area contributed by atoms with Gasteiger partial charge in [-0.05, 0) is 55.3 Å². The number of hydrazone groups is 1. The molecule has 0 saturated heterocycles. The van der Waals surface area contributed by atoms with Gasteiger partial charge < -0.3 is 14.4 Å². The molecule has 0 radical (unpaired) electrons. The lowest BCUT2D eigenvalue weighted by molar-refractivity contribution is -0.384. The van der Waals surface area contributed by atoms with Crippen molar-refractivity contribution in [1.82, 2.24) is 9.58 Å². The highest BCUT2D eigenvalue weighted by Gasteiger charge is 2.23. The van der Waals surface area contributed by atoms with Crippen LogP contribution in [0.3, 0.4) is 0 Å². The van der Waals surface area contributed by atoms with E-state index in [1.807, 2.05) is 35.8 Å². The molecule has 0 aliphatic carbocycles. The Morgan fingerprint density at radius 2 is 1.78 bits per heavy atom. The second kappa shape index (κ2) is 10.5. The second-order valence-electron chi connectivity index (χ2n) is 8.22. The number of nitro benzene ring substituents is 1. The molecule has 2 aromatic carbocycles. The van der Waals surface area contributed by atoms with Gasteiger partial charge in [0.15, 0.2) is 0 Å². The highest BCUT2D eigenvalue weighted by molar-refractivity contribution is 6.04. The van der Waals surface area contributed by atoms with Gasteiger partial charge in [0.25, 0.3) is 5.69 Å². The van der Waals surface area contributed by atoms with E-state index in [1.165, 1.54) is 17.1 Å². The molecule has 1 aliphatic rings. The van der Waals surface area contributed by atoms with Gasteiger partial charge in [-0.3, -0.25) is 14.9 Å². The number of benzene rings is 2. The topological polar surface area (TPSA) is 127 Å². The number of non-ortho nitro benzene ring substituents is 1. The van der Waals surface area contributed by atoms with Gasteiger partial charge in [0.1, 0.15) is 0 Å². The molecule has 3 aromatic rings. The molecule has 0 fully saturated rings. The van der Waals surface area contributed by atoms with E-state index in [9.17, 15) is 24.8 Å². The van der Waals surface area contributed by atoms with Crippen molar-refractivity contribution >= 4 is 23.3 Å². The zero-order chi connectivity index (χ0) is 25.8. The minimum Gasteiger partial charge on any atom is -0.462 e. The summed E-state index contributed by atoms with van der Waals surface area (Å²) in [5, 5.41) is 26.0. The number of hydrogen-bond acceptors (Lipinski definition) is 7. The number of carbonyl (C=O) groups excluding carboxylic acids is 2. The van der Waals surface area contributed by atoms with Crippen LogP contribution in [0, 0.1) is 17.0 Å². The van der Waals surface area contributed by atoms with E-state index in [0.29, 0.717) is 35.4 Å². The Labute approximate surface area is 207 Å². The number of aromatic nitrogens is 1. The van der Waals surface area contributed by atoms with Crippen LogP contribution in [0.5, 0.6) is 0 Å². The van der Waals surface area contributed by atoms with Gasteiger partial charge >= 0.3 is 5.97 Å². The van der Waals surface area contributed by atoms with E-state index in [2.05, 4.69) is 5.10 Å². The Morgan fingerprint density at radius 3 is 2.39 bits per heavy atom. The molecule has 2 heterocycles. The minimum atomic E-state index is -0.458. The molecule has 0 unspecified atom stereocenters. The monoisotopic (exact) mass is 490 g/mol. The van der Waals surface area contributed by atoms with Gasteiger partial charge in [-0.1, -0.05) is 12.1 Å². The fourth-order valence-electron chi connectivity index (χ4n) is 4.20. The largest absolute Gasteiger partial charge is 0.462 e. The quantitative estimate of drug-likeness (QED) is 0.290. The maximum absolute atomic E-state index is 12.6. The SMILES string of the molecule is CCOC(=O)c1cc(-c2ccc([N+](=O)[O-])cc2)n(-c2ccc(C3=NN(CCO)C(=O)CC3)cc2)c1C. The summed E-state index contributed by atoms with van der Waals surface area (Å²) >= 11 is 0. The van der Waals surface area contributed by atoms with Crippen LogP contribution in [0.25, 0.3) is 16.9 Å². The molecule has 1 aliphatic heterocycles. The zero-order valence-electron chi connectivity index (χ0n) is 20.0. The average Bonchev–Trinajstić information content (AvgIpc) is 3.23. The van der Waals surface area contributed by atoms with E-state index < -0.39 is 10.9 Å². The zero-order valence-corrected chi connectivity index (χ0v) is 20.0. The van der Waals surface area contributed by atoms with Gasteiger partial charge in [-0.15, -0.1) is 0 Å². The van der Waals surface area contributed by atoms with Crippen molar-refractivity contribution in [3.63, 3.8) is 0 Å². The molecule has 1 aromatic heterocycles. The van der Waals surface area contributed by atoms with Crippen LogP contribution in [-0.4, -0.2) is 57.0 Å². The number of aliphatic hydroxyl groups excluding tert-OH is 1. The van der Waals surface area contributed by atoms with Crippen molar-refractivity contribution in [1.29, 1.82) is 0 Å². The summed E-state index contributed by atoms with van der Waals surface area (Å²) in [5.74, 6) is -0.564. The molecule has 0 bridgehead atoms. The summed E-state index contributed by atoms with van der Waals surface area (Å²) in [5.41, 5.74) is 4.83. The second-order valence-corrected chi connectivity index (χ2v) is 8.22. The number of carbonyl (C=O) groups is 2. The van der Waals surface area contributed by atoms with Crippen molar-refractivity contribution in [2.24, 2.45) is 5.10 Å². The van der Waals surface area contributed by atoms with Crippen LogP contribution in [-0.2, 0) is 9.53 Å². The smallest absolute Gasteiger partial charge is 0.339 e. The maximum atomic E-state index is 12.6. The maximum Gasteiger partial charge on any atom is 0.339 e. The first-order valence-corrected chi connectivity index (χ1v) is 11.6. The number of amides is 1. The highest BCUT2D eigenvalue weighted by Crippen LogP contribution is 2.31. The van der Waals surface area contributed by atoms with Gasteiger partial charge in [0.05, 0.1) is 41.7 Å².